The molecule has 15 heteroatoms. The average molecular weight is 574 g/mol. The van der Waals surface area contributed by atoms with Crippen molar-refractivity contribution in [2.24, 2.45) is 0 Å². The number of anilines is 2. The van der Waals surface area contributed by atoms with Crippen molar-refractivity contribution in [3.63, 3.8) is 0 Å². The van der Waals surface area contributed by atoms with Crippen LogP contribution in [0.3, 0.4) is 0 Å². The Kier molecular flexibility index (Phi) is 7.38. The van der Waals surface area contributed by atoms with Crippen molar-refractivity contribution in [1.29, 1.82) is 0 Å². The first-order chi connectivity index (χ1) is 19.1. The molecule has 0 bridgehead atoms. The Labute approximate surface area is 229 Å². The van der Waals surface area contributed by atoms with E-state index in [-0.39, 0.29) is 35.4 Å². The zero-order chi connectivity index (χ0) is 28.4. The molecule has 1 aliphatic heterocycles. The Balaban J connectivity index is 1.45. The van der Waals surface area contributed by atoms with Crippen molar-refractivity contribution in [3.8, 4) is 22.9 Å². The van der Waals surface area contributed by atoms with E-state index in [4.69, 9.17) is 4.74 Å². The number of pyridine rings is 1. The Bertz CT molecular complexity index is 1580. The van der Waals surface area contributed by atoms with Crippen molar-refractivity contribution in [1.82, 2.24) is 24.8 Å². The topological polar surface area (TPSA) is 142 Å². The molecule has 0 aliphatic carbocycles. The molecule has 4 aromatic rings. The van der Waals surface area contributed by atoms with E-state index >= 15 is 0 Å². The molecular formula is C25H22F3N7O4S. The van der Waals surface area contributed by atoms with Gasteiger partial charge in [0.05, 0.1) is 16.4 Å². The number of alkyl halides is 3. The second-order valence-electron chi connectivity index (χ2n) is 8.89. The van der Waals surface area contributed by atoms with E-state index in [1.807, 2.05) is 6.07 Å². The van der Waals surface area contributed by atoms with E-state index < -0.39 is 24.0 Å². The third-order valence-electron chi connectivity index (χ3n) is 6.11. The van der Waals surface area contributed by atoms with Crippen molar-refractivity contribution in [2.75, 3.05) is 23.7 Å². The van der Waals surface area contributed by atoms with Gasteiger partial charge >= 0.3 is 12.3 Å². The maximum absolute atomic E-state index is 13.5. The standard InChI is InChI=1S/C25H22F3N7O4S/c1-13(36)32-23-34-21-17(5-2-6-18(21)40-23)39-20-10-16(30-12-31-20)15-7-8-19(25(26,27)28)33-22(15)29-11-14-4-3-9-35(14)24(37)38/h2,5-8,10,12,14H,3-4,9,11H2,1H3,(H,29,33)(H,37,38)(H,32,34,36). The highest BCUT2D eigenvalue weighted by Crippen LogP contribution is 2.36. The number of fused-ring (bicyclic) bond motifs is 1. The Morgan fingerprint density at radius 3 is 2.77 bits per heavy atom. The maximum atomic E-state index is 13.5. The third kappa shape index (κ3) is 5.88. The van der Waals surface area contributed by atoms with Crippen molar-refractivity contribution >= 4 is 44.5 Å². The molecule has 3 N–H and O–H groups in total. The smallest absolute Gasteiger partial charge is 0.433 e. The summed E-state index contributed by atoms with van der Waals surface area (Å²) in [5.41, 5.74) is -0.120. The lowest BCUT2D eigenvalue weighted by Gasteiger charge is -2.23. The zero-order valence-electron chi connectivity index (χ0n) is 20.9. The van der Waals surface area contributed by atoms with Gasteiger partial charge in [0.15, 0.2) is 10.9 Å². The number of aromatic nitrogens is 4. The van der Waals surface area contributed by atoms with E-state index in [1.54, 1.807) is 12.1 Å². The number of benzene rings is 1. The lowest BCUT2D eigenvalue weighted by atomic mass is 10.1. The molecule has 2 amide bonds. The molecule has 1 saturated heterocycles. The summed E-state index contributed by atoms with van der Waals surface area (Å²) in [6.45, 7) is 1.81. The van der Waals surface area contributed by atoms with Crippen molar-refractivity contribution in [2.45, 2.75) is 32.0 Å². The number of amides is 2. The monoisotopic (exact) mass is 573 g/mol. The first-order valence-electron chi connectivity index (χ1n) is 12.1. The number of rotatable bonds is 7. The molecule has 0 saturated carbocycles. The molecule has 208 valence electrons. The second kappa shape index (κ2) is 10.9. The number of carboxylic acid groups (broad SMARTS) is 1. The zero-order valence-corrected chi connectivity index (χ0v) is 21.7. The van der Waals surface area contributed by atoms with Crippen molar-refractivity contribution in [3.05, 3.63) is 48.4 Å². The summed E-state index contributed by atoms with van der Waals surface area (Å²) in [7, 11) is 0. The Morgan fingerprint density at radius 2 is 2.02 bits per heavy atom. The van der Waals surface area contributed by atoms with E-state index in [0.717, 1.165) is 10.8 Å². The molecule has 4 heterocycles. The van der Waals surface area contributed by atoms with Crippen LogP contribution in [0.25, 0.3) is 21.5 Å². The third-order valence-corrected chi connectivity index (χ3v) is 7.05. The van der Waals surface area contributed by atoms with Crippen LogP contribution >= 0.6 is 11.3 Å². The van der Waals surface area contributed by atoms with Crippen LogP contribution in [-0.4, -0.2) is 61.1 Å². The molecule has 1 atom stereocenters. The molecule has 0 radical (unpaired) electrons. The minimum absolute atomic E-state index is 0.0739. The van der Waals surface area contributed by atoms with Gasteiger partial charge in [-0.3, -0.25) is 4.79 Å². The highest BCUT2D eigenvalue weighted by Gasteiger charge is 2.34. The summed E-state index contributed by atoms with van der Waals surface area (Å²) < 4.78 is 47.1. The quantitative estimate of drug-likeness (QED) is 0.262. The van der Waals surface area contributed by atoms with E-state index in [9.17, 15) is 27.9 Å². The van der Waals surface area contributed by atoms with Crippen LogP contribution in [0, 0.1) is 0 Å². The van der Waals surface area contributed by atoms with Gasteiger partial charge in [0, 0.05) is 31.6 Å². The fourth-order valence-corrected chi connectivity index (χ4v) is 5.27. The van der Waals surface area contributed by atoms with Crippen LogP contribution in [-0.2, 0) is 11.0 Å². The fourth-order valence-electron chi connectivity index (χ4n) is 4.34. The molecule has 0 spiro atoms. The number of nitrogens with one attached hydrogen (secondary N) is 2. The molecule has 1 unspecified atom stereocenters. The largest absolute Gasteiger partial charge is 0.465 e. The predicted molar refractivity (Wildman–Crippen MR) is 141 cm³/mol. The number of hydrogen-bond acceptors (Lipinski definition) is 9. The number of nitrogens with zero attached hydrogens (tertiary/aromatic N) is 5. The van der Waals surface area contributed by atoms with E-state index in [2.05, 4.69) is 30.6 Å². The van der Waals surface area contributed by atoms with Gasteiger partial charge in [0.1, 0.15) is 23.4 Å². The van der Waals surface area contributed by atoms with Crippen molar-refractivity contribution < 1.29 is 32.6 Å². The molecular weight excluding hydrogens is 551 g/mol. The van der Waals surface area contributed by atoms with E-state index in [0.29, 0.717) is 35.8 Å². The van der Waals surface area contributed by atoms with Gasteiger partial charge in [-0.15, -0.1) is 0 Å². The summed E-state index contributed by atoms with van der Waals surface area (Å²) in [4.78, 5) is 40.7. The number of carbonyl (C=O) groups excluding carboxylic acids is 1. The van der Waals surface area contributed by atoms with Crippen LogP contribution in [0.5, 0.6) is 11.6 Å². The molecule has 1 aliphatic rings. The van der Waals surface area contributed by atoms with Gasteiger partial charge in [0.25, 0.3) is 0 Å². The number of likely N-dealkylation sites (tertiary alicyclic amines) is 1. The summed E-state index contributed by atoms with van der Waals surface area (Å²) in [5, 5.41) is 15.3. The number of ether oxygens (including phenoxy) is 1. The van der Waals surface area contributed by atoms with Crippen LogP contribution in [0.15, 0.2) is 42.7 Å². The lowest BCUT2D eigenvalue weighted by molar-refractivity contribution is -0.141. The number of para-hydroxylation sites is 1. The SMILES string of the molecule is CC(=O)Nc1nc2c(Oc3cc(-c4ccc(C(F)(F)F)nc4NCC4CCCN4C(=O)O)ncn3)cccc2s1. The number of hydrogen-bond donors (Lipinski definition) is 3. The normalized spacial score (nSPS) is 15.3. The lowest BCUT2D eigenvalue weighted by Crippen LogP contribution is -2.38. The Morgan fingerprint density at radius 1 is 1.20 bits per heavy atom. The van der Waals surface area contributed by atoms with Gasteiger partial charge in [-0.05, 0) is 37.1 Å². The molecule has 11 nitrogen and oxygen atoms in total. The summed E-state index contributed by atoms with van der Waals surface area (Å²) in [6.07, 6.45) is -3.33. The molecule has 40 heavy (non-hydrogen) atoms. The highest BCUT2D eigenvalue weighted by atomic mass is 32.1. The van der Waals surface area contributed by atoms with Gasteiger partial charge in [-0.2, -0.15) is 13.2 Å². The van der Waals surface area contributed by atoms with Crippen LogP contribution in [0.4, 0.5) is 28.9 Å². The van der Waals surface area contributed by atoms with Gasteiger partial charge in [-0.25, -0.2) is 24.7 Å². The predicted octanol–water partition coefficient (Wildman–Crippen LogP) is 5.47. The molecule has 1 fully saturated rings. The number of carbonyl (C=O) groups is 2. The van der Waals surface area contributed by atoms with Gasteiger partial charge < -0.3 is 25.4 Å². The van der Waals surface area contributed by atoms with E-state index in [1.165, 1.54) is 41.6 Å². The Hall–Kier alpha value is -4.53. The average Bonchev–Trinajstić information content (AvgIpc) is 3.54. The highest BCUT2D eigenvalue weighted by molar-refractivity contribution is 7.22. The number of thiazole rings is 1. The molecule has 1 aromatic carbocycles. The summed E-state index contributed by atoms with van der Waals surface area (Å²) in [5.74, 6) is 0.0950. The molecule has 5 rings (SSSR count). The van der Waals surface area contributed by atoms with Crippen LogP contribution in [0.2, 0.25) is 0 Å². The van der Waals surface area contributed by atoms with Crippen LogP contribution in [0.1, 0.15) is 25.5 Å². The maximum Gasteiger partial charge on any atom is 0.433 e. The molecule has 3 aromatic heterocycles. The first-order valence-corrected chi connectivity index (χ1v) is 12.9. The second-order valence-corrected chi connectivity index (χ2v) is 9.92. The van der Waals surface area contributed by atoms with Crippen LogP contribution < -0.4 is 15.4 Å². The minimum atomic E-state index is -4.68. The number of halogens is 3. The first kappa shape index (κ1) is 27.1. The minimum Gasteiger partial charge on any atom is -0.465 e. The van der Waals surface area contributed by atoms with Gasteiger partial charge in [0.2, 0.25) is 11.8 Å². The summed E-state index contributed by atoms with van der Waals surface area (Å²) >= 11 is 1.27. The summed E-state index contributed by atoms with van der Waals surface area (Å²) in [6, 6.07) is 8.38. The van der Waals surface area contributed by atoms with Gasteiger partial charge in [-0.1, -0.05) is 17.4 Å². The fraction of sp³-hybridized carbons (Fsp3) is 0.280.